The number of carbonyl (C=O) groups excluding carboxylic acids is 1. The lowest BCUT2D eigenvalue weighted by atomic mass is 10.2. The van der Waals surface area contributed by atoms with Gasteiger partial charge in [-0.25, -0.2) is 16.8 Å². The Bertz CT molecular complexity index is 1450. The molecule has 1 aliphatic rings. The number of anilines is 2. The summed E-state index contributed by atoms with van der Waals surface area (Å²) in [6.45, 7) is 0.963. The maximum Gasteiger partial charge on any atom is 0.261 e. The average Bonchev–Trinajstić information content (AvgIpc) is 3.38. The van der Waals surface area contributed by atoms with Crippen LogP contribution in [0.3, 0.4) is 0 Å². The summed E-state index contributed by atoms with van der Waals surface area (Å²) in [7, 11) is -7.57. The topological polar surface area (TPSA) is 113 Å². The van der Waals surface area contributed by atoms with Crippen molar-refractivity contribution >= 4 is 60.5 Å². The second kappa shape index (κ2) is 10.2. The standard InChI is InChI=1S/C23H21Cl2N3O5S2/c24-17-5-7-18(8-6-17)27-34(30,31)20-11-12-21(25)22(15-20)26-23(29)16-3-9-19(10-4-16)35(32,33)28-13-1-2-14-28/h3-12,15,27H,1-2,13-14H2,(H,26,29). The Hall–Kier alpha value is -2.63. The normalized spacial score (nSPS) is 14.6. The lowest BCUT2D eigenvalue weighted by molar-refractivity contribution is 0.102. The van der Waals surface area contributed by atoms with Crippen LogP contribution in [0.1, 0.15) is 23.2 Å². The number of sulfonamides is 2. The zero-order valence-corrected chi connectivity index (χ0v) is 21.4. The van der Waals surface area contributed by atoms with Crippen LogP contribution in [-0.2, 0) is 20.0 Å². The average molecular weight is 554 g/mol. The summed E-state index contributed by atoms with van der Waals surface area (Å²) in [6.07, 6.45) is 1.65. The van der Waals surface area contributed by atoms with E-state index in [0.717, 1.165) is 12.8 Å². The van der Waals surface area contributed by atoms with Gasteiger partial charge in [0.05, 0.1) is 20.5 Å². The third-order valence-corrected chi connectivity index (χ3v) is 9.29. The predicted molar refractivity (Wildman–Crippen MR) is 136 cm³/mol. The molecule has 1 saturated heterocycles. The first-order valence-electron chi connectivity index (χ1n) is 10.6. The predicted octanol–water partition coefficient (Wildman–Crippen LogP) is 4.83. The van der Waals surface area contributed by atoms with Crippen molar-refractivity contribution in [1.82, 2.24) is 4.31 Å². The van der Waals surface area contributed by atoms with E-state index >= 15 is 0 Å². The molecule has 3 aromatic carbocycles. The minimum atomic E-state index is -3.97. The van der Waals surface area contributed by atoms with Crippen molar-refractivity contribution in [3.63, 3.8) is 0 Å². The first kappa shape index (κ1) is 25.5. The van der Waals surface area contributed by atoms with Crippen molar-refractivity contribution in [2.75, 3.05) is 23.1 Å². The number of nitrogens with one attached hydrogen (secondary N) is 2. The summed E-state index contributed by atoms with van der Waals surface area (Å²) in [4.78, 5) is 12.8. The van der Waals surface area contributed by atoms with Crippen molar-refractivity contribution < 1.29 is 21.6 Å². The van der Waals surface area contributed by atoms with E-state index in [2.05, 4.69) is 10.0 Å². The number of benzene rings is 3. The van der Waals surface area contributed by atoms with Gasteiger partial charge in [0.2, 0.25) is 10.0 Å². The van der Waals surface area contributed by atoms with Gasteiger partial charge in [-0.15, -0.1) is 0 Å². The Labute approximate surface area is 214 Å². The molecule has 0 spiro atoms. The van der Waals surface area contributed by atoms with Crippen molar-refractivity contribution in [2.24, 2.45) is 0 Å². The molecule has 1 amide bonds. The molecule has 1 aliphatic heterocycles. The maximum atomic E-state index is 12.8. The van der Waals surface area contributed by atoms with Gasteiger partial charge >= 0.3 is 0 Å². The van der Waals surface area contributed by atoms with Gasteiger partial charge in [-0.05, 0) is 79.6 Å². The van der Waals surface area contributed by atoms with Gasteiger partial charge in [0.25, 0.3) is 15.9 Å². The quantitative estimate of drug-likeness (QED) is 0.435. The van der Waals surface area contributed by atoms with Crippen LogP contribution in [-0.4, -0.2) is 40.1 Å². The van der Waals surface area contributed by atoms with Crippen LogP contribution >= 0.6 is 23.2 Å². The monoisotopic (exact) mass is 553 g/mol. The third kappa shape index (κ3) is 5.79. The number of nitrogens with zero attached hydrogens (tertiary/aromatic N) is 1. The molecule has 0 aliphatic carbocycles. The molecular formula is C23H21Cl2N3O5S2. The highest BCUT2D eigenvalue weighted by atomic mass is 35.5. The molecule has 3 aromatic rings. The van der Waals surface area contributed by atoms with Crippen LogP contribution in [0.2, 0.25) is 10.0 Å². The first-order chi connectivity index (χ1) is 16.6. The Kier molecular flexibility index (Phi) is 7.39. The number of hydrogen-bond acceptors (Lipinski definition) is 5. The van der Waals surface area contributed by atoms with Gasteiger partial charge in [0.15, 0.2) is 0 Å². The molecule has 0 unspecified atom stereocenters. The minimum absolute atomic E-state index is 0.0874. The maximum absolute atomic E-state index is 12.8. The molecule has 0 atom stereocenters. The van der Waals surface area contributed by atoms with E-state index in [9.17, 15) is 21.6 Å². The van der Waals surface area contributed by atoms with Crippen molar-refractivity contribution in [2.45, 2.75) is 22.6 Å². The number of halogens is 2. The highest BCUT2D eigenvalue weighted by molar-refractivity contribution is 7.92. The summed E-state index contributed by atoms with van der Waals surface area (Å²) in [5, 5.41) is 3.18. The summed E-state index contributed by atoms with van der Waals surface area (Å²) < 4.78 is 54.8. The van der Waals surface area contributed by atoms with E-state index in [0.29, 0.717) is 23.8 Å². The number of rotatable bonds is 7. The Balaban J connectivity index is 1.51. The Morgan fingerprint density at radius 1 is 0.800 bits per heavy atom. The molecule has 4 rings (SSSR count). The fraction of sp³-hybridized carbons (Fsp3) is 0.174. The molecule has 0 bridgehead atoms. The lowest BCUT2D eigenvalue weighted by Gasteiger charge is -2.15. The van der Waals surface area contributed by atoms with E-state index < -0.39 is 26.0 Å². The second-order valence-electron chi connectivity index (χ2n) is 7.84. The molecule has 35 heavy (non-hydrogen) atoms. The SMILES string of the molecule is O=C(Nc1cc(S(=O)(=O)Nc2ccc(Cl)cc2)ccc1Cl)c1ccc(S(=O)(=O)N2CCCC2)cc1. The van der Waals surface area contributed by atoms with Crippen LogP contribution in [0.15, 0.2) is 76.5 Å². The van der Waals surface area contributed by atoms with E-state index in [1.165, 1.54) is 58.9 Å². The van der Waals surface area contributed by atoms with Gasteiger partial charge in [0.1, 0.15) is 0 Å². The number of amides is 1. The smallest absolute Gasteiger partial charge is 0.261 e. The number of hydrogen-bond donors (Lipinski definition) is 2. The van der Waals surface area contributed by atoms with Gasteiger partial charge in [0, 0.05) is 29.4 Å². The molecule has 1 heterocycles. The molecule has 0 radical (unpaired) electrons. The number of carbonyl (C=O) groups is 1. The highest BCUT2D eigenvalue weighted by Crippen LogP contribution is 2.28. The van der Waals surface area contributed by atoms with Crippen molar-refractivity contribution in [3.05, 3.63) is 82.3 Å². The van der Waals surface area contributed by atoms with Crippen molar-refractivity contribution in [1.29, 1.82) is 0 Å². The van der Waals surface area contributed by atoms with Crippen molar-refractivity contribution in [3.8, 4) is 0 Å². The summed E-state index contributed by atoms with van der Waals surface area (Å²) in [6, 6.07) is 15.6. The summed E-state index contributed by atoms with van der Waals surface area (Å²) >= 11 is 12.0. The zero-order valence-electron chi connectivity index (χ0n) is 18.2. The van der Waals surface area contributed by atoms with E-state index in [4.69, 9.17) is 23.2 Å². The summed E-state index contributed by atoms with van der Waals surface area (Å²) in [5.74, 6) is -0.572. The molecule has 12 heteroatoms. The Morgan fingerprint density at radius 3 is 2.03 bits per heavy atom. The largest absolute Gasteiger partial charge is 0.321 e. The minimum Gasteiger partial charge on any atom is -0.321 e. The van der Waals surface area contributed by atoms with Gasteiger partial charge < -0.3 is 5.32 Å². The van der Waals surface area contributed by atoms with Gasteiger partial charge in [-0.3, -0.25) is 9.52 Å². The summed E-state index contributed by atoms with van der Waals surface area (Å²) in [5.41, 5.74) is 0.595. The molecule has 0 aromatic heterocycles. The molecular weight excluding hydrogens is 533 g/mol. The molecule has 184 valence electrons. The van der Waals surface area contributed by atoms with E-state index in [1.807, 2.05) is 0 Å². The lowest BCUT2D eigenvalue weighted by Crippen LogP contribution is -2.27. The fourth-order valence-electron chi connectivity index (χ4n) is 3.55. The third-order valence-electron chi connectivity index (χ3n) is 5.41. The van der Waals surface area contributed by atoms with Gasteiger partial charge in [-0.1, -0.05) is 23.2 Å². The van der Waals surface area contributed by atoms with E-state index in [1.54, 1.807) is 12.1 Å². The van der Waals surface area contributed by atoms with Gasteiger partial charge in [-0.2, -0.15) is 4.31 Å². The van der Waals surface area contributed by atoms with E-state index in [-0.39, 0.29) is 26.1 Å². The van der Waals surface area contributed by atoms with Crippen LogP contribution in [0.5, 0.6) is 0 Å². The molecule has 0 saturated carbocycles. The van der Waals surface area contributed by atoms with Crippen LogP contribution < -0.4 is 10.0 Å². The molecule has 8 nitrogen and oxygen atoms in total. The zero-order chi connectivity index (χ0) is 25.2. The van der Waals surface area contributed by atoms with Crippen LogP contribution in [0.25, 0.3) is 0 Å². The second-order valence-corrected chi connectivity index (χ2v) is 12.3. The molecule has 2 N–H and O–H groups in total. The molecule has 1 fully saturated rings. The fourth-order valence-corrected chi connectivity index (χ4v) is 6.44. The first-order valence-corrected chi connectivity index (χ1v) is 14.2. The van der Waals surface area contributed by atoms with Crippen LogP contribution in [0.4, 0.5) is 11.4 Å². The highest BCUT2D eigenvalue weighted by Gasteiger charge is 2.27. The van der Waals surface area contributed by atoms with Crippen LogP contribution in [0, 0.1) is 0 Å². The Morgan fingerprint density at radius 2 is 1.40 bits per heavy atom.